The van der Waals surface area contributed by atoms with Gasteiger partial charge in [-0.1, -0.05) is 36.4 Å². The van der Waals surface area contributed by atoms with Crippen molar-refractivity contribution in [2.75, 3.05) is 32.8 Å². The quantitative estimate of drug-likeness (QED) is 0.780. The summed E-state index contributed by atoms with van der Waals surface area (Å²) in [6.07, 6.45) is 3.60. The fourth-order valence-corrected chi connectivity index (χ4v) is 3.07. The first-order chi connectivity index (χ1) is 11.3. The van der Waals surface area contributed by atoms with Crippen LogP contribution in [0.2, 0.25) is 0 Å². The Morgan fingerprint density at radius 2 is 1.40 bits per heavy atom. The molecule has 0 aliphatic carbocycles. The summed E-state index contributed by atoms with van der Waals surface area (Å²) in [5, 5.41) is 0. The van der Waals surface area contributed by atoms with Crippen molar-refractivity contribution >= 4 is 24.8 Å². The largest absolute Gasteiger partial charge is 0.492 e. The van der Waals surface area contributed by atoms with E-state index >= 15 is 0 Å². The van der Waals surface area contributed by atoms with Crippen LogP contribution in [0.25, 0.3) is 11.1 Å². The van der Waals surface area contributed by atoms with E-state index < -0.39 is 0 Å². The van der Waals surface area contributed by atoms with Gasteiger partial charge in [0, 0.05) is 6.54 Å². The molecule has 3 nitrogen and oxygen atoms in total. The first-order valence-electron chi connectivity index (χ1n) is 8.60. The molecule has 1 saturated heterocycles. The fourth-order valence-electron chi connectivity index (χ4n) is 3.07. The average molecular weight is 383 g/mol. The van der Waals surface area contributed by atoms with E-state index in [-0.39, 0.29) is 24.8 Å². The lowest BCUT2D eigenvalue weighted by molar-refractivity contribution is 0.238. The Bertz CT molecular complexity index is 596. The van der Waals surface area contributed by atoms with Gasteiger partial charge in [0.1, 0.15) is 12.4 Å². The maximum atomic E-state index is 5.85. The number of likely N-dealkylation sites (tertiary alicyclic amines) is 1. The maximum Gasteiger partial charge on any atom is 0.119 e. The molecular weight excluding hydrogens is 355 g/mol. The van der Waals surface area contributed by atoms with Gasteiger partial charge < -0.3 is 10.5 Å². The molecule has 0 saturated carbocycles. The summed E-state index contributed by atoms with van der Waals surface area (Å²) >= 11 is 0. The number of hydrogen-bond acceptors (Lipinski definition) is 3. The molecule has 1 heterocycles. The normalized spacial score (nSPS) is 13.8. The molecule has 0 radical (unpaired) electrons. The van der Waals surface area contributed by atoms with Crippen LogP contribution >= 0.6 is 24.8 Å². The first kappa shape index (κ1) is 21.8. The van der Waals surface area contributed by atoms with Crippen LogP contribution in [0.3, 0.4) is 0 Å². The molecule has 25 heavy (non-hydrogen) atoms. The Morgan fingerprint density at radius 1 is 0.840 bits per heavy atom. The lowest BCUT2D eigenvalue weighted by atomic mass is 10.0. The molecule has 3 rings (SSSR count). The van der Waals surface area contributed by atoms with Crippen molar-refractivity contribution in [3.05, 3.63) is 54.1 Å². The molecule has 1 aliphatic rings. The summed E-state index contributed by atoms with van der Waals surface area (Å²) < 4.78 is 5.85. The molecular formula is C20H28Cl2N2O. The molecule has 5 heteroatoms. The molecule has 0 amide bonds. The predicted molar refractivity (Wildman–Crippen MR) is 110 cm³/mol. The number of hydrogen-bond donors (Lipinski definition) is 1. The van der Waals surface area contributed by atoms with Crippen LogP contribution in [-0.2, 0) is 6.42 Å². The van der Waals surface area contributed by atoms with Crippen molar-refractivity contribution in [3.8, 4) is 16.9 Å². The molecule has 2 aromatic carbocycles. The zero-order valence-electron chi connectivity index (χ0n) is 14.5. The van der Waals surface area contributed by atoms with E-state index in [1.807, 2.05) is 0 Å². The van der Waals surface area contributed by atoms with Gasteiger partial charge in [0.2, 0.25) is 0 Å². The molecule has 1 fully saturated rings. The van der Waals surface area contributed by atoms with Crippen LogP contribution in [0, 0.1) is 0 Å². The predicted octanol–water partition coefficient (Wildman–Crippen LogP) is 4.17. The monoisotopic (exact) mass is 382 g/mol. The lowest BCUT2D eigenvalue weighted by Crippen LogP contribution is -2.25. The molecule has 0 atom stereocenters. The number of rotatable bonds is 7. The molecule has 138 valence electrons. The SMILES string of the molecule is Cl.Cl.NCCc1ccc(-c2ccc(OCCN3CCCC3)cc2)cc1. The minimum atomic E-state index is 0. The number of halogens is 2. The van der Waals surface area contributed by atoms with E-state index in [0.29, 0.717) is 6.54 Å². The highest BCUT2D eigenvalue weighted by atomic mass is 35.5. The number of nitrogens with zero attached hydrogens (tertiary/aromatic N) is 1. The second-order valence-electron chi connectivity index (χ2n) is 6.16. The van der Waals surface area contributed by atoms with Crippen LogP contribution in [0.4, 0.5) is 0 Å². The van der Waals surface area contributed by atoms with Crippen LogP contribution < -0.4 is 10.5 Å². The Kier molecular flexibility index (Phi) is 9.91. The van der Waals surface area contributed by atoms with Crippen molar-refractivity contribution < 1.29 is 4.74 Å². The van der Waals surface area contributed by atoms with Crippen LogP contribution in [0.5, 0.6) is 5.75 Å². The molecule has 1 aliphatic heterocycles. The van der Waals surface area contributed by atoms with E-state index in [1.54, 1.807) is 0 Å². The zero-order chi connectivity index (χ0) is 15.9. The Morgan fingerprint density at radius 3 is 1.96 bits per heavy atom. The Hall–Kier alpha value is -1.26. The molecule has 2 aromatic rings. The average Bonchev–Trinajstić information content (AvgIpc) is 3.10. The van der Waals surface area contributed by atoms with Crippen molar-refractivity contribution in [2.45, 2.75) is 19.3 Å². The summed E-state index contributed by atoms with van der Waals surface area (Å²) in [4.78, 5) is 2.47. The number of ether oxygens (including phenoxy) is 1. The third-order valence-electron chi connectivity index (χ3n) is 4.45. The summed E-state index contributed by atoms with van der Waals surface area (Å²) in [6, 6.07) is 17.0. The highest BCUT2D eigenvalue weighted by Crippen LogP contribution is 2.23. The second-order valence-corrected chi connectivity index (χ2v) is 6.16. The maximum absolute atomic E-state index is 5.85. The molecule has 0 unspecified atom stereocenters. The van der Waals surface area contributed by atoms with E-state index in [9.17, 15) is 0 Å². The van der Waals surface area contributed by atoms with E-state index in [0.717, 1.165) is 25.3 Å². The molecule has 0 aromatic heterocycles. The van der Waals surface area contributed by atoms with Crippen molar-refractivity contribution in [1.29, 1.82) is 0 Å². The molecule has 0 bridgehead atoms. The third kappa shape index (κ3) is 6.52. The lowest BCUT2D eigenvalue weighted by Gasteiger charge is -2.15. The summed E-state index contributed by atoms with van der Waals surface area (Å²) in [5.41, 5.74) is 9.33. The van der Waals surface area contributed by atoms with Gasteiger partial charge in [0.25, 0.3) is 0 Å². The van der Waals surface area contributed by atoms with Gasteiger partial charge in [-0.25, -0.2) is 0 Å². The van der Waals surface area contributed by atoms with Crippen LogP contribution in [-0.4, -0.2) is 37.7 Å². The molecule has 0 spiro atoms. The van der Waals surface area contributed by atoms with Gasteiger partial charge in [-0.2, -0.15) is 0 Å². The van der Waals surface area contributed by atoms with Gasteiger partial charge in [-0.3, -0.25) is 4.90 Å². The van der Waals surface area contributed by atoms with Gasteiger partial charge >= 0.3 is 0 Å². The summed E-state index contributed by atoms with van der Waals surface area (Å²) in [7, 11) is 0. The third-order valence-corrected chi connectivity index (χ3v) is 4.45. The second kappa shape index (κ2) is 11.4. The summed E-state index contributed by atoms with van der Waals surface area (Å²) in [6.45, 7) is 4.95. The van der Waals surface area contributed by atoms with Gasteiger partial charge in [0.15, 0.2) is 0 Å². The van der Waals surface area contributed by atoms with Crippen LogP contribution in [0.1, 0.15) is 18.4 Å². The zero-order valence-corrected chi connectivity index (χ0v) is 16.2. The van der Waals surface area contributed by atoms with Gasteiger partial charge in [0.05, 0.1) is 0 Å². The van der Waals surface area contributed by atoms with Crippen molar-refractivity contribution in [3.63, 3.8) is 0 Å². The first-order valence-corrected chi connectivity index (χ1v) is 8.60. The van der Waals surface area contributed by atoms with Crippen LogP contribution in [0.15, 0.2) is 48.5 Å². The standard InChI is InChI=1S/C20H26N2O.2ClH/c21-12-11-17-3-5-18(6-4-17)19-7-9-20(10-8-19)23-16-15-22-13-1-2-14-22;;/h3-10H,1-2,11-16,21H2;2*1H. The smallest absolute Gasteiger partial charge is 0.119 e. The number of nitrogens with two attached hydrogens (primary N) is 1. The van der Waals surface area contributed by atoms with Gasteiger partial charge in [-0.15, -0.1) is 24.8 Å². The Balaban J connectivity index is 0.00000156. The molecule has 2 N–H and O–H groups in total. The summed E-state index contributed by atoms with van der Waals surface area (Å²) in [5.74, 6) is 0.952. The van der Waals surface area contributed by atoms with Gasteiger partial charge in [-0.05, 0) is 67.7 Å². The minimum Gasteiger partial charge on any atom is -0.492 e. The van der Waals surface area contributed by atoms with E-state index in [4.69, 9.17) is 10.5 Å². The van der Waals surface area contributed by atoms with Crippen molar-refractivity contribution in [2.24, 2.45) is 5.73 Å². The van der Waals surface area contributed by atoms with E-state index in [1.165, 1.54) is 42.6 Å². The van der Waals surface area contributed by atoms with E-state index in [2.05, 4.69) is 53.4 Å². The van der Waals surface area contributed by atoms with Crippen molar-refractivity contribution in [1.82, 2.24) is 4.90 Å². The Labute approximate surface area is 163 Å². The number of benzene rings is 2. The highest BCUT2D eigenvalue weighted by molar-refractivity contribution is 5.85. The fraction of sp³-hybridized carbons (Fsp3) is 0.400. The topological polar surface area (TPSA) is 38.5 Å². The minimum absolute atomic E-state index is 0. The highest BCUT2D eigenvalue weighted by Gasteiger charge is 2.10.